The van der Waals surface area contributed by atoms with Crippen LogP contribution in [-0.4, -0.2) is 35.5 Å². The van der Waals surface area contributed by atoms with Crippen molar-refractivity contribution in [2.75, 3.05) is 0 Å². The Labute approximate surface area is 125 Å². The fourth-order valence-corrected chi connectivity index (χ4v) is 3.77. The van der Waals surface area contributed by atoms with E-state index in [2.05, 4.69) is 0 Å². The van der Waals surface area contributed by atoms with Crippen LogP contribution in [0.2, 0.25) is 0 Å². The molecule has 6 N–H and O–H groups in total. The zero-order valence-corrected chi connectivity index (χ0v) is 13.1. The number of hydrogen-bond acceptors (Lipinski definition) is 6. The van der Waals surface area contributed by atoms with Crippen LogP contribution in [0.4, 0.5) is 0 Å². The van der Waals surface area contributed by atoms with Gasteiger partial charge in [0.1, 0.15) is 17.3 Å². The van der Waals surface area contributed by atoms with Gasteiger partial charge in [-0.1, -0.05) is 12.8 Å². The number of Topliss-reactive ketones (excluding diaryl/α,β-unsaturated/α-hetero) is 3. The van der Waals surface area contributed by atoms with Crippen molar-refractivity contribution in [1.82, 2.24) is 0 Å². The molecular weight excluding hydrogens is 270 g/mol. The molecule has 0 saturated heterocycles. The third-order valence-corrected chi connectivity index (χ3v) is 5.00. The largest absolute Gasteiger partial charge is 0.321 e. The zero-order valence-electron chi connectivity index (χ0n) is 13.1. The second-order valence-electron chi connectivity index (χ2n) is 6.28. The molecule has 4 unspecified atom stereocenters. The molecule has 0 amide bonds. The molecule has 0 aliphatic heterocycles. The van der Waals surface area contributed by atoms with Gasteiger partial charge in [-0.2, -0.15) is 0 Å². The van der Waals surface area contributed by atoms with Crippen LogP contribution in [0.25, 0.3) is 0 Å². The van der Waals surface area contributed by atoms with Gasteiger partial charge in [-0.05, 0) is 39.5 Å². The molecule has 0 spiro atoms. The Morgan fingerprint density at radius 2 is 1.38 bits per heavy atom. The van der Waals surface area contributed by atoms with Gasteiger partial charge in [0, 0.05) is 5.41 Å². The Bertz CT molecular complexity index is 416. The van der Waals surface area contributed by atoms with Gasteiger partial charge in [-0.25, -0.2) is 0 Å². The third-order valence-electron chi connectivity index (χ3n) is 5.00. The second-order valence-corrected chi connectivity index (χ2v) is 6.28. The smallest absolute Gasteiger partial charge is 0.147 e. The van der Waals surface area contributed by atoms with Crippen LogP contribution >= 0.6 is 0 Å². The fourth-order valence-electron chi connectivity index (χ4n) is 3.77. The van der Waals surface area contributed by atoms with Crippen LogP contribution in [0.3, 0.4) is 0 Å². The zero-order chi connectivity index (χ0) is 16.4. The molecule has 0 aromatic heterocycles. The van der Waals surface area contributed by atoms with Gasteiger partial charge in [-0.3, -0.25) is 14.4 Å². The van der Waals surface area contributed by atoms with E-state index in [-0.39, 0.29) is 23.3 Å². The number of nitrogens with two attached hydrogens (primary N) is 3. The highest BCUT2D eigenvalue weighted by Gasteiger charge is 2.54. The number of rotatable bonds is 6. The fraction of sp³-hybridized carbons (Fsp3) is 0.800. The molecule has 6 nitrogen and oxygen atoms in total. The molecule has 21 heavy (non-hydrogen) atoms. The standard InChI is InChI=1S/C15H27N3O3/c1-8(19)12(16)11-6-4-5-7-15(11,13(17)9(2)20)14(18)10(3)21/h11-14H,4-7,16-18H2,1-3H3. The molecule has 1 rings (SSSR count). The summed E-state index contributed by atoms with van der Waals surface area (Å²) in [5.74, 6) is -0.969. The monoisotopic (exact) mass is 297 g/mol. The van der Waals surface area contributed by atoms with E-state index in [9.17, 15) is 14.4 Å². The number of carbonyl (C=O) groups is 3. The van der Waals surface area contributed by atoms with Crippen LogP contribution in [0.1, 0.15) is 46.5 Å². The number of carbonyl (C=O) groups excluding carboxylic acids is 3. The lowest BCUT2D eigenvalue weighted by molar-refractivity contribution is -0.134. The molecule has 120 valence electrons. The molecule has 0 bridgehead atoms. The highest BCUT2D eigenvalue weighted by Crippen LogP contribution is 2.47. The van der Waals surface area contributed by atoms with Crippen molar-refractivity contribution in [1.29, 1.82) is 0 Å². The maximum Gasteiger partial charge on any atom is 0.147 e. The SMILES string of the molecule is CC(=O)C(N)C1CCCCC1(C(N)C(C)=O)C(N)C(C)=O. The molecule has 0 radical (unpaired) electrons. The lowest BCUT2D eigenvalue weighted by atomic mass is 9.55. The summed E-state index contributed by atoms with van der Waals surface area (Å²) in [6, 6.07) is -2.51. The van der Waals surface area contributed by atoms with Gasteiger partial charge in [0.15, 0.2) is 0 Å². The van der Waals surface area contributed by atoms with Crippen molar-refractivity contribution >= 4 is 17.3 Å². The normalized spacial score (nSPS) is 30.3. The van der Waals surface area contributed by atoms with E-state index in [1.54, 1.807) is 0 Å². The van der Waals surface area contributed by atoms with Crippen molar-refractivity contribution in [3.63, 3.8) is 0 Å². The first-order chi connectivity index (χ1) is 9.66. The van der Waals surface area contributed by atoms with Gasteiger partial charge in [0.2, 0.25) is 0 Å². The number of ketones is 3. The predicted molar refractivity (Wildman–Crippen MR) is 80.4 cm³/mol. The molecule has 1 aliphatic rings. The average Bonchev–Trinajstić information content (AvgIpc) is 2.44. The summed E-state index contributed by atoms with van der Waals surface area (Å²) in [6.07, 6.45) is 2.91. The molecule has 1 fully saturated rings. The molecule has 0 aromatic rings. The van der Waals surface area contributed by atoms with Crippen molar-refractivity contribution in [2.24, 2.45) is 28.5 Å². The molecule has 6 heteroatoms. The molecule has 0 aromatic carbocycles. The van der Waals surface area contributed by atoms with Gasteiger partial charge in [0.05, 0.1) is 18.1 Å². The maximum absolute atomic E-state index is 11.9. The van der Waals surface area contributed by atoms with E-state index < -0.39 is 23.5 Å². The van der Waals surface area contributed by atoms with Crippen molar-refractivity contribution in [3.8, 4) is 0 Å². The maximum atomic E-state index is 11.9. The van der Waals surface area contributed by atoms with Crippen molar-refractivity contribution < 1.29 is 14.4 Å². The molecule has 1 aliphatic carbocycles. The summed E-state index contributed by atoms with van der Waals surface area (Å²) in [7, 11) is 0. The van der Waals surface area contributed by atoms with Crippen molar-refractivity contribution in [3.05, 3.63) is 0 Å². The number of hydrogen-bond donors (Lipinski definition) is 3. The molecular formula is C15H27N3O3. The van der Waals surface area contributed by atoms with Crippen LogP contribution in [0.5, 0.6) is 0 Å². The lowest BCUT2D eigenvalue weighted by Gasteiger charge is -2.51. The van der Waals surface area contributed by atoms with Gasteiger partial charge in [-0.15, -0.1) is 0 Å². The van der Waals surface area contributed by atoms with Crippen LogP contribution < -0.4 is 17.2 Å². The van der Waals surface area contributed by atoms with E-state index in [0.717, 1.165) is 12.8 Å². The van der Waals surface area contributed by atoms with E-state index in [0.29, 0.717) is 12.8 Å². The summed E-state index contributed by atoms with van der Waals surface area (Å²) in [6.45, 7) is 4.21. The first-order valence-electron chi connectivity index (χ1n) is 7.44. The minimum atomic E-state index is -0.930. The molecule has 0 heterocycles. The first kappa shape index (κ1) is 17.9. The minimum Gasteiger partial charge on any atom is -0.321 e. The van der Waals surface area contributed by atoms with Gasteiger partial charge in [0.25, 0.3) is 0 Å². The van der Waals surface area contributed by atoms with Crippen LogP contribution in [-0.2, 0) is 14.4 Å². The minimum absolute atomic E-state index is 0.169. The average molecular weight is 297 g/mol. The highest BCUT2D eigenvalue weighted by molar-refractivity contribution is 5.88. The Morgan fingerprint density at radius 1 is 0.905 bits per heavy atom. The van der Waals surface area contributed by atoms with Crippen LogP contribution in [0, 0.1) is 11.3 Å². The third kappa shape index (κ3) is 3.22. The Hall–Kier alpha value is -1.11. The highest BCUT2D eigenvalue weighted by atomic mass is 16.1. The van der Waals surface area contributed by atoms with E-state index >= 15 is 0 Å². The van der Waals surface area contributed by atoms with Gasteiger partial charge < -0.3 is 17.2 Å². The van der Waals surface area contributed by atoms with E-state index in [1.807, 2.05) is 0 Å². The second kappa shape index (κ2) is 6.77. The quantitative estimate of drug-likeness (QED) is 0.628. The van der Waals surface area contributed by atoms with E-state index in [4.69, 9.17) is 17.2 Å². The summed E-state index contributed by atoms with van der Waals surface area (Å²) in [4.78, 5) is 35.5. The van der Waals surface area contributed by atoms with Crippen LogP contribution in [0.15, 0.2) is 0 Å². The van der Waals surface area contributed by atoms with Crippen molar-refractivity contribution in [2.45, 2.75) is 64.6 Å². The Kier molecular flexibility index (Phi) is 5.78. The summed E-state index contributed by atoms with van der Waals surface area (Å²) in [5, 5.41) is 0. The first-order valence-corrected chi connectivity index (χ1v) is 7.44. The van der Waals surface area contributed by atoms with E-state index in [1.165, 1.54) is 20.8 Å². The topological polar surface area (TPSA) is 129 Å². The lowest BCUT2D eigenvalue weighted by Crippen LogP contribution is -2.66. The Morgan fingerprint density at radius 3 is 1.76 bits per heavy atom. The van der Waals surface area contributed by atoms with Gasteiger partial charge >= 0.3 is 0 Å². The summed E-state index contributed by atoms with van der Waals surface area (Å²) >= 11 is 0. The summed E-state index contributed by atoms with van der Waals surface area (Å²) < 4.78 is 0. The Balaban J connectivity index is 3.38. The summed E-state index contributed by atoms with van der Waals surface area (Å²) in [5.41, 5.74) is 17.4. The molecule has 1 saturated carbocycles. The molecule has 4 atom stereocenters. The predicted octanol–water partition coefficient (Wildman–Crippen LogP) is -0.0881.